The Morgan fingerprint density at radius 3 is 1.88 bits per heavy atom. The van der Waals surface area contributed by atoms with E-state index in [0.717, 1.165) is 43.6 Å². The predicted octanol–water partition coefficient (Wildman–Crippen LogP) is 7.97. The fourth-order valence-electron chi connectivity index (χ4n) is 5.21. The van der Waals surface area contributed by atoms with Gasteiger partial charge in [-0.2, -0.15) is 0 Å². The van der Waals surface area contributed by atoms with Gasteiger partial charge < -0.3 is 5.32 Å². The molecule has 0 aromatic carbocycles. The number of amidine groups is 1. The normalized spacial score (nSPS) is 18.0. The van der Waals surface area contributed by atoms with Crippen LogP contribution in [0, 0.1) is 0 Å². The van der Waals surface area contributed by atoms with Crippen molar-refractivity contribution in [2.24, 2.45) is 4.99 Å². The Morgan fingerprint density at radius 1 is 0.824 bits per heavy atom. The van der Waals surface area contributed by atoms with Gasteiger partial charge in [0, 0.05) is 13.3 Å². The zero-order valence-electron chi connectivity index (χ0n) is 23.2. The van der Waals surface area contributed by atoms with Crippen LogP contribution in [0.5, 0.6) is 0 Å². The van der Waals surface area contributed by atoms with Crippen LogP contribution in [0.15, 0.2) is 17.1 Å². The fraction of sp³-hybridized carbons (Fsp3) is 0.867. The second-order valence-corrected chi connectivity index (χ2v) is 10.4. The summed E-state index contributed by atoms with van der Waals surface area (Å²) in [6.45, 7) is 11.1. The van der Waals surface area contributed by atoms with Gasteiger partial charge in [-0.05, 0) is 39.0 Å². The van der Waals surface area contributed by atoms with Gasteiger partial charge in [0.1, 0.15) is 13.1 Å². The summed E-state index contributed by atoms with van der Waals surface area (Å²) >= 11 is 0. The number of unbranched alkanes of at least 4 members (excludes halogenated alkanes) is 15. The predicted molar refractivity (Wildman–Crippen MR) is 149 cm³/mol. The average Bonchev–Trinajstić information content (AvgIpc) is 3.23. The molecule has 0 saturated heterocycles. The topological polar surface area (TPSA) is 41.5 Å². The molecule has 1 atom stereocenters. The Morgan fingerprint density at radius 2 is 1.35 bits per heavy atom. The van der Waals surface area contributed by atoms with Crippen molar-refractivity contribution >= 4 is 11.7 Å². The van der Waals surface area contributed by atoms with Gasteiger partial charge >= 0.3 is 0 Å². The molecule has 4 heteroatoms. The molecule has 34 heavy (non-hydrogen) atoms. The van der Waals surface area contributed by atoms with Gasteiger partial charge in [0.25, 0.3) is 0 Å². The van der Waals surface area contributed by atoms with Crippen molar-refractivity contribution in [2.75, 3.05) is 32.7 Å². The molecule has 0 aromatic heterocycles. The lowest BCUT2D eigenvalue weighted by molar-refractivity contribution is -0.833. The van der Waals surface area contributed by atoms with Crippen molar-refractivity contribution < 1.29 is 9.28 Å². The molecule has 1 amide bonds. The van der Waals surface area contributed by atoms with Gasteiger partial charge in [-0.25, -0.2) is 4.99 Å². The third-order valence-corrected chi connectivity index (χ3v) is 7.55. The molecule has 1 heterocycles. The van der Waals surface area contributed by atoms with Crippen LogP contribution in [0.1, 0.15) is 136 Å². The quantitative estimate of drug-likeness (QED) is 0.0906. The van der Waals surface area contributed by atoms with Gasteiger partial charge in [0.2, 0.25) is 5.91 Å². The van der Waals surface area contributed by atoms with Gasteiger partial charge in [-0.3, -0.25) is 9.28 Å². The van der Waals surface area contributed by atoms with Crippen LogP contribution in [0.25, 0.3) is 0 Å². The molecular formula is C30H58N3O+. The van der Waals surface area contributed by atoms with Crippen molar-refractivity contribution in [3.8, 4) is 0 Å². The molecule has 1 aliphatic rings. The third-order valence-electron chi connectivity index (χ3n) is 7.55. The number of nitrogens with zero attached hydrogens (tertiary/aromatic N) is 2. The number of carbonyl (C=O) groups is 1. The number of carbonyl (C=O) groups excluding carboxylic acids is 1. The molecule has 0 radical (unpaired) electrons. The number of nitrogens with one attached hydrogen (secondary N) is 1. The van der Waals surface area contributed by atoms with Crippen LogP contribution in [0.4, 0.5) is 0 Å². The van der Waals surface area contributed by atoms with Crippen molar-refractivity contribution in [3.05, 3.63) is 12.2 Å². The van der Waals surface area contributed by atoms with Gasteiger partial charge in [0.15, 0.2) is 5.84 Å². The van der Waals surface area contributed by atoms with E-state index in [2.05, 4.69) is 31.3 Å². The van der Waals surface area contributed by atoms with Crippen LogP contribution in [0.3, 0.4) is 0 Å². The molecule has 1 N–H and O–H groups in total. The first-order chi connectivity index (χ1) is 16.6. The maximum absolute atomic E-state index is 11.2. The van der Waals surface area contributed by atoms with Crippen LogP contribution >= 0.6 is 0 Å². The minimum absolute atomic E-state index is 0.0711. The summed E-state index contributed by atoms with van der Waals surface area (Å²) in [5.74, 6) is 1.45. The lowest BCUT2D eigenvalue weighted by Crippen LogP contribution is -2.54. The summed E-state index contributed by atoms with van der Waals surface area (Å²) in [5, 5.41) is 2.97. The molecular weight excluding hydrogens is 418 g/mol. The SMILES string of the molecule is CCCCCCCCCC/C=C/CCCCCCCCCC1=NCC[N+]1(CC)CCNC(C)=O. The number of rotatable bonds is 23. The largest absolute Gasteiger partial charge is 0.351 e. The van der Waals surface area contributed by atoms with Crippen LogP contribution in [0.2, 0.25) is 0 Å². The third kappa shape index (κ3) is 15.0. The van der Waals surface area contributed by atoms with Crippen molar-refractivity contribution in [1.29, 1.82) is 0 Å². The molecule has 0 bridgehead atoms. The summed E-state index contributed by atoms with van der Waals surface area (Å²) in [7, 11) is 0. The maximum atomic E-state index is 11.2. The molecule has 4 nitrogen and oxygen atoms in total. The Kier molecular flexibility index (Phi) is 19.2. The van der Waals surface area contributed by atoms with E-state index in [1.54, 1.807) is 6.92 Å². The number of aliphatic imine (C=N–C) groups is 1. The Balaban J connectivity index is 1.93. The molecule has 0 aliphatic carbocycles. The molecule has 0 saturated carbocycles. The summed E-state index contributed by atoms with van der Waals surface area (Å²) in [5.41, 5.74) is 0. The second-order valence-electron chi connectivity index (χ2n) is 10.4. The zero-order valence-corrected chi connectivity index (χ0v) is 23.2. The first kappa shape index (κ1) is 30.9. The summed E-state index contributed by atoms with van der Waals surface area (Å²) in [4.78, 5) is 16.0. The number of amides is 1. The van der Waals surface area contributed by atoms with Crippen LogP contribution in [-0.2, 0) is 4.79 Å². The number of likely N-dealkylation sites (N-methyl/N-ethyl adjacent to an activating group) is 1. The van der Waals surface area contributed by atoms with E-state index < -0.39 is 0 Å². The van der Waals surface area contributed by atoms with Gasteiger partial charge in [-0.15, -0.1) is 0 Å². The zero-order chi connectivity index (χ0) is 24.7. The lowest BCUT2D eigenvalue weighted by atomic mass is 10.1. The molecule has 198 valence electrons. The van der Waals surface area contributed by atoms with E-state index in [1.807, 2.05) is 0 Å². The molecule has 1 rings (SSSR count). The smallest absolute Gasteiger partial charge is 0.217 e. The van der Waals surface area contributed by atoms with E-state index in [9.17, 15) is 4.79 Å². The molecule has 0 spiro atoms. The first-order valence-electron chi connectivity index (χ1n) is 14.9. The Bertz CT molecular complexity index is 557. The van der Waals surface area contributed by atoms with Gasteiger partial charge in [-0.1, -0.05) is 96.1 Å². The van der Waals surface area contributed by atoms with E-state index in [4.69, 9.17) is 4.99 Å². The summed E-state index contributed by atoms with van der Waals surface area (Å²) in [6, 6.07) is 0. The fourth-order valence-corrected chi connectivity index (χ4v) is 5.21. The Hall–Kier alpha value is -1.16. The van der Waals surface area contributed by atoms with E-state index in [-0.39, 0.29) is 5.91 Å². The van der Waals surface area contributed by atoms with Gasteiger partial charge in [0.05, 0.1) is 19.6 Å². The van der Waals surface area contributed by atoms with Crippen molar-refractivity contribution in [2.45, 2.75) is 136 Å². The number of hydrogen-bond donors (Lipinski definition) is 1. The van der Waals surface area contributed by atoms with Crippen LogP contribution < -0.4 is 5.32 Å². The Labute approximate surface area is 212 Å². The van der Waals surface area contributed by atoms with E-state index >= 15 is 0 Å². The standard InChI is InChI=1S/C30H57N3O/c1-4-6-7-8-9-10-11-12-13-14-15-16-17-18-19-20-21-22-23-24-30-32-26-28-33(30,5-2)27-25-31-29(3)34/h14-15H,4-13,16-28H2,1-3H3/p+1/b15-14+. The molecule has 0 fully saturated rings. The van der Waals surface area contributed by atoms with Crippen LogP contribution in [-0.4, -0.2) is 48.9 Å². The highest BCUT2D eigenvalue weighted by Crippen LogP contribution is 2.20. The van der Waals surface area contributed by atoms with E-state index in [0.29, 0.717) is 0 Å². The highest BCUT2D eigenvalue weighted by molar-refractivity contribution is 5.77. The molecule has 1 aliphatic heterocycles. The van der Waals surface area contributed by atoms with E-state index in [1.165, 1.54) is 115 Å². The lowest BCUT2D eigenvalue weighted by Gasteiger charge is -2.33. The maximum Gasteiger partial charge on any atom is 0.217 e. The minimum atomic E-state index is 0.0711. The summed E-state index contributed by atoms with van der Waals surface area (Å²) < 4.78 is 0.993. The number of allylic oxidation sites excluding steroid dienone is 2. The summed E-state index contributed by atoms with van der Waals surface area (Å²) in [6.07, 6.45) is 29.3. The first-order valence-corrected chi connectivity index (χ1v) is 14.9. The highest BCUT2D eigenvalue weighted by Gasteiger charge is 2.35. The second kappa shape index (κ2) is 21.1. The molecule has 1 unspecified atom stereocenters. The number of quaternary nitrogens is 1. The average molecular weight is 477 g/mol. The monoisotopic (exact) mass is 476 g/mol. The molecule has 0 aromatic rings. The highest BCUT2D eigenvalue weighted by atomic mass is 16.1. The van der Waals surface area contributed by atoms with Crippen molar-refractivity contribution in [1.82, 2.24) is 5.32 Å². The number of hydrogen-bond acceptors (Lipinski definition) is 2. The van der Waals surface area contributed by atoms with Crippen molar-refractivity contribution in [3.63, 3.8) is 0 Å². The minimum Gasteiger partial charge on any atom is -0.351 e.